The standard InChI is InChI=1S/C20H30N4O2/c1-15-3-6-18(22-14-15)13-20(24-9-11-25-12-10-24)23-16(2)26-19-7-4-17(21)5-8-19/h3,6,13-14,17,19H,4-5,7-12,21H2,1-2H3/b20-13+,23-16+. The van der Waals surface area contributed by atoms with Gasteiger partial charge in [0.15, 0.2) is 5.90 Å². The summed E-state index contributed by atoms with van der Waals surface area (Å²) in [6.07, 6.45) is 8.18. The van der Waals surface area contributed by atoms with Gasteiger partial charge in [0, 0.05) is 38.3 Å². The second-order valence-corrected chi connectivity index (χ2v) is 7.15. The summed E-state index contributed by atoms with van der Waals surface area (Å²) in [5.41, 5.74) is 8.03. The van der Waals surface area contributed by atoms with E-state index in [0.717, 1.165) is 55.9 Å². The molecule has 0 bridgehead atoms. The Balaban J connectivity index is 1.74. The molecule has 1 aromatic heterocycles. The highest BCUT2D eigenvalue weighted by Crippen LogP contribution is 2.21. The highest BCUT2D eigenvalue weighted by Gasteiger charge is 2.21. The van der Waals surface area contributed by atoms with E-state index in [2.05, 4.69) is 16.0 Å². The van der Waals surface area contributed by atoms with Gasteiger partial charge in [0.2, 0.25) is 0 Å². The van der Waals surface area contributed by atoms with Gasteiger partial charge in [0.25, 0.3) is 0 Å². The Morgan fingerprint density at radius 2 is 2.00 bits per heavy atom. The number of nitrogens with two attached hydrogens (primary N) is 1. The lowest BCUT2D eigenvalue weighted by atomic mass is 9.94. The van der Waals surface area contributed by atoms with Gasteiger partial charge < -0.3 is 20.1 Å². The third-order valence-electron chi connectivity index (χ3n) is 4.87. The van der Waals surface area contributed by atoms with Crippen molar-refractivity contribution >= 4 is 12.0 Å². The second kappa shape index (κ2) is 9.14. The zero-order chi connectivity index (χ0) is 18.4. The number of hydrogen-bond acceptors (Lipinski definition) is 6. The smallest absolute Gasteiger partial charge is 0.186 e. The third kappa shape index (κ3) is 5.54. The molecule has 0 radical (unpaired) electrons. The minimum atomic E-state index is 0.224. The average Bonchev–Trinajstić information content (AvgIpc) is 2.65. The molecule has 1 aromatic rings. The fraction of sp³-hybridized carbons (Fsp3) is 0.600. The molecular formula is C20H30N4O2. The molecule has 0 aromatic carbocycles. The van der Waals surface area contributed by atoms with Crippen LogP contribution in [0.5, 0.6) is 0 Å². The second-order valence-electron chi connectivity index (χ2n) is 7.15. The van der Waals surface area contributed by atoms with Crippen LogP contribution in [0.15, 0.2) is 29.1 Å². The zero-order valence-electron chi connectivity index (χ0n) is 15.9. The highest BCUT2D eigenvalue weighted by molar-refractivity contribution is 5.75. The van der Waals surface area contributed by atoms with Crippen molar-refractivity contribution in [2.75, 3.05) is 26.3 Å². The van der Waals surface area contributed by atoms with E-state index in [0.29, 0.717) is 25.2 Å². The summed E-state index contributed by atoms with van der Waals surface area (Å²) < 4.78 is 11.6. The Bertz CT molecular complexity index is 628. The van der Waals surface area contributed by atoms with Gasteiger partial charge in [-0.1, -0.05) is 6.07 Å². The van der Waals surface area contributed by atoms with Gasteiger partial charge in [-0.25, -0.2) is 4.99 Å². The molecule has 1 aliphatic carbocycles. The van der Waals surface area contributed by atoms with Crippen molar-refractivity contribution in [2.45, 2.75) is 51.7 Å². The topological polar surface area (TPSA) is 73.0 Å². The Morgan fingerprint density at radius 3 is 2.65 bits per heavy atom. The maximum absolute atomic E-state index is 6.09. The van der Waals surface area contributed by atoms with Gasteiger partial charge in [0.1, 0.15) is 11.9 Å². The first-order valence-corrected chi connectivity index (χ1v) is 9.55. The van der Waals surface area contributed by atoms with Crippen molar-refractivity contribution in [1.29, 1.82) is 0 Å². The Labute approximate surface area is 156 Å². The molecule has 2 N–H and O–H groups in total. The number of aromatic nitrogens is 1. The van der Waals surface area contributed by atoms with Crippen molar-refractivity contribution in [1.82, 2.24) is 9.88 Å². The fourth-order valence-electron chi connectivity index (χ4n) is 3.32. The van der Waals surface area contributed by atoms with Crippen LogP contribution in [0, 0.1) is 6.92 Å². The predicted octanol–water partition coefficient (Wildman–Crippen LogP) is 2.73. The quantitative estimate of drug-likeness (QED) is 0.662. The number of hydrogen-bond donors (Lipinski definition) is 1. The van der Waals surface area contributed by atoms with Gasteiger partial charge in [-0.3, -0.25) is 4.98 Å². The Hall–Kier alpha value is -1.92. The van der Waals surface area contributed by atoms with Crippen molar-refractivity contribution in [3.05, 3.63) is 35.4 Å². The van der Waals surface area contributed by atoms with E-state index in [4.69, 9.17) is 20.2 Å². The zero-order valence-corrected chi connectivity index (χ0v) is 15.9. The molecule has 2 heterocycles. The van der Waals surface area contributed by atoms with Crippen LogP contribution in [0.25, 0.3) is 6.08 Å². The first kappa shape index (κ1) is 18.9. The molecule has 1 saturated heterocycles. The van der Waals surface area contributed by atoms with Gasteiger partial charge in [-0.15, -0.1) is 0 Å². The van der Waals surface area contributed by atoms with Crippen molar-refractivity contribution in [3.8, 4) is 0 Å². The molecule has 0 unspecified atom stereocenters. The average molecular weight is 358 g/mol. The van der Waals surface area contributed by atoms with Crippen LogP contribution in [0.4, 0.5) is 0 Å². The summed E-state index contributed by atoms with van der Waals surface area (Å²) in [4.78, 5) is 11.5. The summed E-state index contributed by atoms with van der Waals surface area (Å²) in [7, 11) is 0. The molecule has 6 nitrogen and oxygen atoms in total. The van der Waals surface area contributed by atoms with E-state index >= 15 is 0 Å². The molecule has 26 heavy (non-hydrogen) atoms. The number of ether oxygens (including phenoxy) is 2. The van der Waals surface area contributed by atoms with Crippen LogP contribution < -0.4 is 5.73 Å². The van der Waals surface area contributed by atoms with Gasteiger partial charge in [0.05, 0.1) is 18.9 Å². The molecule has 6 heteroatoms. The fourth-order valence-corrected chi connectivity index (χ4v) is 3.32. The molecule has 142 valence electrons. The van der Waals surface area contributed by atoms with E-state index in [9.17, 15) is 0 Å². The lowest BCUT2D eigenvalue weighted by Gasteiger charge is -2.30. The number of nitrogens with zero attached hydrogens (tertiary/aromatic N) is 3. The van der Waals surface area contributed by atoms with E-state index in [1.165, 1.54) is 0 Å². The molecule has 3 rings (SSSR count). The molecule has 0 spiro atoms. The number of morpholine rings is 1. The van der Waals surface area contributed by atoms with E-state index in [1.807, 2.05) is 32.2 Å². The molecule has 2 fully saturated rings. The highest BCUT2D eigenvalue weighted by atomic mass is 16.5. The SMILES string of the molecule is C/C(=N\C(=C/c1ccc(C)cn1)N1CCOCC1)OC1CCC(N)CC1. The molecule has 0 atom stereocenters. The predicted molar refractivity (Wildman–Crippen MR) is 104 cm³/mol. The number of pyridine rings is 1. The molecule has 0 amide bonds. The molecule has 1 aliphatic heterocycles. The van der Waals surface area contributed by atoms with Crippen molar-refractivity contribution < 1.29 is 9.47 Å². The normalized spacial score (nSPS) is 25.3. The Kier molecular flexibility index (Phi) is 6.63. The minimum Gasteiger partial charge on any atom is -0.478 e. The largest absolute Gasteiger partial charge is 0.478 e. The van der Waals surface area contributed by atoms with Gasteiger partial charge >= 0.3 is 0 Å². The minimum absolute atomic E-state index is 0.224. The van der Waals surface area contributed by atoms with E-state index in [-0.39, 0.29) is 6.10 Å². The summed E-state index contributed by atoms with van der Waals surface area (Å²) >= 11 is 0. The lowest BCUT2D eigenvalue weighted by Crippen LogP contribution is -2.35. The van der Waals surface area contributed by atoms with E-state index < -0.39 is 0 Å². The van der Waals surface area contributed by atoms with Gasteiger partial charge in [-0.2, -0.15) is 0 Å². The van der Waals surface area contributed by atoms with Crippen LogP contribution in [0.1, 0.15) is 43.9 Å². The maximum Gasteiger partial charge on any atom is 0.186 e. The monoisotopic (exact) mass is 358 g/mol. The number of aliphatic imine (C=N–C) groups is 1. The van der Waals surface area contributed by atoms with Crippen LogP contribution in [0.3, 0.4) is 0 Å². The maximum atomic E-state index is 6.09. The number of aryl methyl sites for hydroxylation is 1. The summed E-state index contributed by atoms with van der Waals surface area (Å²) in [6, 6.07) is 4.40. The van der Waals surface area contributed by atoms with Crippen LogP contribution in [-0.4, -0.2) is 54.2 Å². The summed E-state index contributed by atoms with van der Waals surface area (Å²) in [6.45, 7) is 7.06. The molecule has 2 aliphatic rings. The third-order valence-corrected chi connectivity index (χ3v) is 4.87. The van der Waals surface area contributed by atoms with Crippen molar-refractivity contribution in [2.24, 2.45) is 10.7 Å². The number of rotatable bonds is 4. The van der Waals surface area contributed by atoms with E-state index in [1.54, 1.807) is 0 Å². The summed E-state index contributed by atoms with van der Waals surface area (Å²) in [5, 5.41) is 0. The summed E-state index contributed by atoms with van der Waals surface area (Å²) in [5.74, 6) is 1.59. The van der Waals surface area contributed by atoms with Crippen LogP contribution >= 0.6 is 0 Å². The first-order chi connectivity index (χ1) is 12.6. The van der Waals surface area contributed by atoms with Crippen LogP contribution in [0.2, 0.25) is 0 Å². The van der Waals surface area contributed by atoms with Crippen LogP contribution in [-0.2, 0) is 9.47 Å². The Morgan fingerprint density at radius 1 is 1.27 bits per heavy atom. The lowest BCUT2D eigenvalue weighted by molar-refractivity contribution is 0.0532. The first-order valence-electron chi connectivity index (χ1n) is 9.55. The molecule has 1 saturated carbocycles. The van der Waals surface area contributed by atoms with Crippen molar-refractivity contribution in [3.63, 3.8) is 0 Å². The molecular weight excluding hydrogens is 328 g/mol. The van der Waals surface area contributed by atoms with Gasteiger partial charge in [-0.05, 0) is 44.2 Å².